The Morgan fingerprint density at radius 2 is 2.67 bits per heavy atom. The highest BCUT2D eigenvalue weighted by Gasteiger charge is 1.93. The molecule has 0 spiro atoms. The molecule has 0 amide bonds. The van der Waals surface area contributed by atoms with Gasteiger partial charge in [-0.25, -0.2) is 4.98 Å². The molecule has 0 aliphatic heterocycles. The molecule has 88 valence electrons. The SMILES string of the molecule is C.[2H]NC.[2H]c1nc(CCCCN([2H])C=N)cn1[2H]. The molecule has 5 nitrogen and oxygen atoms in total. The van der Waals surface area contributed by atoms with E-state index in [0.717, 1.165) is 35.2 Å². The van der Waals surface area contributed by atoms with E-state index in [2.05, 4.69) is 4.98 Å². The summed E-state index contributed by atoms with van der Waals surface area (Å²) in [6.07, 6.45) is 4.81. The van der Waals surface area contributed by atoms with E-state index in [4.69, 9.17) is 11.0 Å². The molecule has 5 N–H and O–H groups in total. The van der Waals surface area contributed by atoms with Crippen LogP contribution in [0.2, 0.25) is 4.24 Å². The van der Waals surface area contributed by atoms with Crippen LogP contribution in [-0.2, 0) is 6.42 Å². The number of imidazole rings is 1. The smallest absolute Gasteiger partial charge is 0.167 e. The molecule has 5 heteroatoms. The van der Waals surface area contributed by atoms with Crippen LogP contribution in [0.25, 0.3) is 0 Å². The van der Waals surface area contributed by atoms with Gasteiger partial charge in [-0.05, 0) is 26.3 Å². The Balaban J connectivity index is 0. The first kappa shape index (κ1) is 8.91. The van der Waals surface area contributed by atoms with E-state index in [-0.39, 0.29) is 13.7 Å². The Labute approximate surface area is 97.8 Å². The second-order valence-corrected chi connectivity index (χ2v) is 2.45. The van der Waals surface area contributed by atoms with Crippen LogP contribution >= 0.6 is 0 Å². The van der Waals surface area contributed by atoms with Crippen molar-refractivity contribution in [3.05, 3.63) is 18.2 Å². The van der Waals surface area contributed by atoms with E-state index in [1.807, 2.05) is 5.73 Å². The minimum absolute atomic E-state index is 0. The van der Waals surface area contributed by atoms with Gasteiger partial charge in [-0.3, -0.25) is 5.41 Å². The van der Waals surface area contributed by atoms with E-state index in [9.17, 15) is 0 Å². The summed E-state index contributed by atoms with van der Waals surface area (Å²) in [6.45, 7) is 0.527. The highest BCUT2D eigenvalue weighted by Crippen LogP contribution is 1.98. The van der Waals surface area contributed by atoms with Crippen LogP contribution in [0.5, 0.6) is 0 Å². The van der Waals surface area contributed by atoms with Crippen LogP contribution < -0.4 is 11.0 Å². The Kier molecular flexibility index (Phi) is 7.51. The number of aryl methyl sites for hydroxylation is 1. The first-order valence-corrected chi connectivity index (χ1v) is 4.43. The van der Waals surface area contributed by atoms with Gasteiger partial charge >= 0.3 is 0 Å². The van der Waals surface area contributed by atoms with Gasteiger partial charge in [0.2, 0.25) is 0 Å². The van der Waals surface area contributed by atoms with Gasteiger partial charge in [0.25, 0.3) is 0 Å². The summed E-state index contributed by atoms with van der Waals surface area (Å²) in [4.78, 5) is 4.82. The van der Waals surface area contributed by atoms with Crippen molar-refractivity contribution in [3.63, 3.8) is 0 Å². The van der Waals surface area contributed by atoms with E-state index in [0.29, 0.717) is 13.0 Å². The second kappa shape index (κ2) is 12.6. The normalized spacial score (nSPS) is 11.8. The lowest BCUT2D eigenvalue weighted by molar-refractivity contribution is 0.705. The molecule has 1 aromatic heterocycles. The molecule has 0 unspecified atom stereocenters. The van der Waals surface area contributed by atoms with Gasteiger partial charge in [0.1, 0.15) is 2.78 Å². The molecule has 0 atom stereocenters. The molecule has 0 aromatic carbocycles. The fraction of sp³-hybridized carbons (Fsp3) is 0.600. The molecule has 1 heterocycles. The standard InChI is InChI=1S/C8H14N4.CH5N.CH4/c9-6-10-4-2-1-3-8-5-11-7-12-8;1-2;/h5-7H,1-4H2,(H2,9,10)(H,11,12);2H2,1H3;1H4/i7D;;/hD3. The zero-order chi connectivity index (χ0) is 14.0. The van der Waals surface area contributed by atoms with Gasteiger partial charge in [0.05, 0.1) is 18.3 Å². The minimum atomic E-state index is -0.0494. The first-order chi connectivity index (χ1) is 8.54. The van der Waals surface area contributed by atoms with Crippen LogP contribution in [0.4, 0.5) is 0 Å². The number of hydrogen-bond acceptors (Lipinski definition) is 3. The molecule has 15 heavy (non-hydrogen) atoms. The van der Waals surface area contributed by atoms with Gasteiger partial charge in [-0.1, -0.05) is 7.43 Å². The zero-order valence-corrected chi connectivity index (χ0v) is 8.32. The number of aromatic nitrogens is 2. The van der Waals surface area contributed by atoms with Gasteiger partial charge in [0.15, 0.2) is 2.82 Å². The van der Waals surface area contributed by atoms with Crippen LogP contribution in [-0.4, -0.2) is 29.9 Å². The molecule has 0 radical (unpaired) electrons. The average Bonchev–Trinajstić information content (AvgIpc) is 2.65. The zero-order valence-electron chi connectivity index (χ0n) is 12.3. The summed E-state index contributed by atoms with van der Waals surface area (Å²) in [5.41, 5.74) is 2.74. The Morgan fingerprint density at radius 3 is 3.20 bits per heavy atom. The number of hydrogen-bond donors (Lipinski definition) is 4. The lowest BCUT2D eigenvalue weighted by Gasteiger charge is -1.97. The lowest BCUT2D eigenvalue weighted by Crippen LogP contribution is -2.11. The van der Waals surface area contributed by atoms with Crippen LogP contribution in [0, 0.1) is 5.41 Å². The Bertz CT molecular complexity index is 325. The van der Waals surface area contributed by atoms with Gasteiger partial charge < -0.3 is 16.0 Å². The summed E-state index contributed by atoms with van der Waals surface area (Å²) in [5, 5.41) is 7.86. The average molecular weight is 217 g/mol. The van der Waals surface area contributed by atoms with Crippen LogP contribution in [0.1, 0.15) is 27.3 Å². The topological polar surface area (TPSA) is 90.6 Å². The number of aromatic amines is 1. The fourth-order valence-corrected chi connectivity index (χ4v) is 0.920. The van der Waals surface area contributed by atoms with Crippen LogP contribution in [0.15, 0.2) is 12.5 Å². The lowest BCUT2D eigenvalue weighted by atomic mass is 10.2. The Morgan fingerprint density at radius 1 is 1.93 bits per heavy atom. The predicted octanol–water partition coefficient (Wildman–Crippen LogP) is 1.14. The molecule has 0 bridgehead atoms. The van der Waals surface area contributed by atoms with Gasteiger partial charge in [-0.15, -0.1) is 0 Å². The van der Waals surface area contributed by atoms with Gasteiger partial charge in [0, 0.05) is 12.7 Å². The Hall–Kier alpha value is -1.36. The van der Waals surface area contributed by atoms with Crippen molar-refractivity contribution in [2.24, 2.45) is 5.73 Å². The maximum absolute atomic E-state index is 7.22. The number of H-pyrrole nitrogens is 1. The highest BCUT2D eigenvalue weighted by molar-refractivity contribution is 5.49. The van der Waals surface area contributed by atoms with E-state index < -0.39 is 0 Å². The molecular formula is C10H23N5. The summed E-state index contributed by atoms with van der Waals surface area (Å²) < 4.78 is 27.5. The predicted molar refractivity (Wildman–Crippen MR) is 65.2 cm³/mol. The van der Waals surface area contributed by atoms with Crippen molar-refractivity contribution in [2.45, 2.75) is 26.7 Å². The van der Waals surface area contributed by atoms with Crippen molar-refractivity contribution >= 4 is 6.34 Å². The highest BCUT2D eigenvalue weighted by atomic mass is 14.9. The quantitative estimate of drug-likeness (QED) is 0.327. The summed E-state index contributed by atoms with van der Waals surface area (Å²) in [5.74, 6) is 0. The molecule has 1 aromatic rings. The third-order valence-electron chi connectivity index (χ3n) is 1.53. The van der Waals surface area contributed by atoms with Crippen molar-refractivity contribution in [1.29, 1.82) is 5.41 Å². The van der Waals surface area contributed by atoms with Gasteiger partial charge in [-0.2, -0.15) is 0 Å². The number of rotatable bonds is 6. The van der Waals surface area contributed by atoms with E-state index in [1.54, 1.807) is 7.05 Å². The number of nitrogens with one attached hydrogen (secondary N) is 3. The third kappa shape index (κ3) is 8.96. The van der Waals surface area contributed by atoms with Crippen molar-refractivity contribution < 1.29 is 5.61 Å². The first-order valence-electron chi connectivity index (χ1n) is 6.33. The maximum atomic E-state index is 7.22. The van der Waals surface area contributed by atoms with Crippen molar-refractivity contribution in [3.8, 4) is 0 Å². The number of nitrogens with zero attached hydrogens (tertiary/aromatic N) is 1. The number of unbranched alkanes of at least 4 members (excludes halogenated alkanes) is 1. The molecule has 0 saturated heterocycles. The van der Waals surface area contributed by atoms with Crippen LogP contribution in [0.3, 0.4) is 0 Å². The van der Waals surface area contributed by atoms with E-state index in [1.165, 1.54) is 6.20 Å². The maximum Gasteiger partial charge on any atom is 0.167 e. The monoisotopic (exact) mass is 217 g/mol. The molecule has 0 saturated carbocycles. The fourth-order valence-electron chi connectivity index (χ4n) is 0.920. The second-order valence-electron chi connectivity index (χ2n) is 2.45. The molecule has 0 aliphatic carbocycles. The molecule has 0 aliphatic rings. The molecular weight excluding hydrogens is 190 g/mol. The summed E-state index contributed by atoms with van der Waals surface area (Å²) in [7, 11) is 1.54. The molecule has 1 rings (SSSR count). The summed E-state index contributed by atoms with van der Waals surface area (Å²) >= 11 is 0. The third-order valence-corrected chi connectivity index (χ3v) is 1.53. The van der Waals surface area contributed by atoms with E-state index >= 15 is 0 Å². The summed E-state index contributed by atoms with van der Waals surface area (Å²) in [6, 6.07) is 0. The largest absolute Gasteiger partial charge is 0.377 e. The number of nitrogens with two attached hydrogens (primary N) is 1. The molecule has 0 fully saturated rings. The van der Waals surface area contributed by atoms with Crippen molar-refractivity contribution in [1.82, 2.24) is 15.3 Å². The van der Waals surface area contributed by atoms with Crippen molar-refractivity contribution in [2.75, 3.05) is 13.6 Å². The minimum Gasteiger partial charge on any atom is -0.377 e.